The second-order valence-electron chi connectivity index (χ2n) is 3.50. The molecule has 0 fully saturated rings. The van der Waals surface area contributed by atoms with Crippen molar-refractivity contribution in [1.29, 1.82) is 0 Å². The van der Waals surface area contributed by atoms with Crippen LogP contribution in [0.15, 0.2) is 47.4 Å². The maximum atomic E-state index is 10.9. The van der Waals surface area contributed by atoms with E-state index in [2.05, 4.69) is 30.3 Å². The molecule has 2 aromatic carbocycles. The van der Waals surface area contributed by atoms with E-state index in [1.165, 1.54) is 10.8 Å². The summed E-state index contributed by atoms with van der Waals surface area (Å²) in [5.74, 6) is 0.770. The molecule has 0 saturated carbocycles. The highest BCUT2D eigenvalue weighted by molar-refractivity contribution is 8.00. The molecule has 0 heterocycles. The maximum absolute atomic E-state index is 10.9. The van der Waals surface area contributed by atoms with Gasteiger partial charge in [0.1, 0.15) is 5.78 Å². The Morgan fingerprint density at radius 1 is 1.13 bits per heavy atom. The van der Waals surface area contributed by atoms with E-state index in [4.69, 9.17) is 0 Å². The molecule has 1 nitrogen and oxygen atoms in total. The quantitative estimate of drug-likeness (QED) is 0.730. The van der Waals surface area contributed by atoms with Crippen molar-refractivity contribution in [3.8, 4) is 0 Å². The molecular weight excluding hydrogens is 204 g/mol. The summed E-state index contributed by atoms with van der Waals surface area (Å²) in [5.41, 5.74) is 0. The van der Waals surface area contributed by atoms with Gasteiger partial charge >= 0.3 is 0 Å². The van der Waals surface area contributed by atoms with Gasteiger partial charge in [0.2, 0.25) is 0 Å². The van der Waals surface area contributed by atoms with Gasteiger partial charge in [0.15, 0.2) is 0 Å². The van der Waals surface area contributed by atoms with Crippen LogP contribution in [0, 0.1) is 0 Å². The summed E-state index contributed by atoms with van der Waals surface area (Å²) >= 11 is 1.59. The Morgan fingerprint density at radius 3 is 2.60 bits per heavy atom. The van der Waals surface area contributed by atoms with E-state index in [0.29, 0.717) is 5.75 Å². The molecular formula is C13H12OS. The monoisotopic (exact) mass is 216 g/mol. The number of ketones is 1. The fourth-order valence-corrected chi connectivity index (χ4v) is 2.19. The van der Waals surface area contributed by atoms with Gasteiger partial charge in [-0.2, -0.15) is 0 Å². The van der Waals surface area contributed by atoms with E-state index in [1.807, 2.05) is 12.1 Å². The Balaban J connectivity index is 2.26. The zero-order valence-electron chi connectivity index (χ0n) is 8.57. The van der Waals surface area contributed by atoms with Gasteiger partial charge in [0, 0.05) is 4.90 Å². The van der Waals surface area contributed by atoms with Crippen molar-refractivity contribution in [3.63, 3.8) is 0 Å². The molecule has 0 unspecified atom stereocenters. The molecule has 2 aromatic rings. The summed E-state index contributed by atoms with van der Waals surface area (Å²) in [7, 11) is 0. The lowest BCUT2D eigenvalue weighted by molar-refractivity contribution is -0.114. The lowest BCUT2D eigenvalue weighted by Gasteiger charge is -2.01. The minimum atomic E-state index is 0.216. The Hall–Kier alpha value is -1.28. The minimum Gasteiger partial charge on any atom is -0.299 e. The number of thioether (sulfide) groups is 1. The number of carbonyl (C=O) groups is 1. The third-order valence-corrected chi connectivity index (χ3v) is 3.30. The third-order valence-electron chi connectivity index (χ3n) is 2.16. The highest BCUT2D eigenvalue weighted by Gasteiger charge is 1.98. The molecule has 76 valence electrons. The van der Waals surface area contributed by atoms with Crippen LogP contribution < -0.4 is 0 Å². The summed E-state index contributed by atoms with van der Waals surface area (Å²) in [6.45, 7) is 1.62. The Labute approximate surface area is 93.5 Å². The predicted molar refractivity (Wildman–Crippen MR) is 65.4 cm³/mol. The summed E-state index contributed by atoms with van der Waals surface area (Å²) in [6, 6.07) is 14.5. The molecule has 0 spiro atoms. The van der Waals surface area contributed by atoms with Crippen LogP contribution in [-0.2, 0) is 4.79 Å². The lowest BCUT2D eigenvalue weighted by Crippen LogP contribution is -1.92. The van der Waals surface area contributed by atoms with Gasteiger partial charge in [-0.15, -0.1) is 11.8 Å². The van der Waals surface area contributed by atoms with Crippen LogP contribution in [0.25, 0.3) is 10.8 Å². The molecule has 0 N–H and O–H groups in total. The molecule has 0 aliphatic carbocycles. The summed E-state index contributed by atoms with van der Waals surface area (Å²) in [6.07, 6.45) is 0. The molecule has 0 aromatic heterocycles. The van der Waals surface area contributed by atoms with Crippen LogP contribution in [0.5, 0.6) is 0 Å². The molecule has 0 aliphatic heterocycles. The summed E-state index contributed by atoms with van der Waals surface area (Å²) < 4.78 is 0. The first-order chi connectivity index (χ1) is 7.25. The molecule has 15 heavy (non-hydrogen) atoms. The lowest BCUT2D eigenvalue weighted by atomic mass is 10.1. The van der Waals surface area contributed by atoms with Gasteiger partial charge in [0.25, 0.3) is 0 Å². The second kappa shape index (κ2) is 4.49. The first kappa shape index (κ1) is 10.2. The van der Waals surface area contributed by atoms with Gasteiger partial charge in [-0.25, -0.2) is 0 Å². The molecule has 2 rings (SSSR count). The Kier molecular flexibility index (Phi) is 3.07. The van der Waals surface area contributed by atoms with E-state index >= 15 is 0 Å². The molecule has 0 radical (unpaired) electrons. The Morgan fingerprint density at radius 2 is 1.87 bits per heavy atom. The number of carbonyl (C=O) groups excluding carboxylic acids is 1. The van der Waals surface area contributed by atoms with Gasteiger partial charge in [-0.05, 0) is 29.8 Å². The zero-order valence-corrected chi connectivity index (χ0v) is 9.38. The van der Waals surface area contributed by atoms with Crippen molar-refractivity contribution in [2.45, 2.75) is 11.8 Å². The van der Waals surface area contributed by atoms with Crippen LogP contribution in [0.3, 0.4) is 0 Å². The van der Waals surface area contributed by atoms with Crippen LogP contribution in [0.4, 0.5) is 0 Å². The molecule has 2 heteroatoms. The Bertz CT molecular complexity index is 491. The van der Waals surface area contributed by atoms with Crippen LogP contribution in [0.1, 0.15) is 6.92 Å². The average molecular weight is 216 g/mol. The highest BCUT2D eigenvalue weighted by Crippen LogP contribution is 2.23. The smallest absolute Gasteiger partial charge is 0.140 e. The van der Waals surface area contributed by atoms with Crippen molar-refractivity contribution < 1.29 is 4.79 Å². The number of benzene rings is 2. The number of fused-ring (bicyclic) bond motifs is 1. The molecule has 0 aliphatic rings. The maximum Gasteiger partial charge on any atom is 0.140 e. The van der Waals surface area contributed by atoms with Gasteiger partial charge < -0.3 is 0 Å². The van der Waals surface area contributed by atoms with Crippen LogP contribution >= 0.6 is 11.8 Å². The highest BCUT2D eigenvalue weighted by atomic mass is 32.2. The molecule has 0 amide bonds. The predicted octanol–water partition coefficient (Wildman–Crippen LogP) is 3.52. The number of rotatable bonds is 3. The molecule has 0 bridgehead atoms. The number of hydrogen-bond donors (Lipinski definition) is 0. The van der Waals surface area contributed by atoms with E-state index in [1.54, 1.807) is 18.7 Å². The minimum absolute atomic E-state index is 0.216. The van der Waals surface area contributed by atoms with E-state index in [9.17, 15) is 4.79 Å². The van der Waals surface area contributed by atoms with Crippen molar-refractivity contribution in [3.05, 3.63) is 42.5 Å². The van der Waals surface area contributed by atoms with Crippen molar-refractivity contribution in [1.82, 2.24) is 0 Å². The van der Waals surface area contributed by atoms with Crippen molar-refractivity contribution in [2.24, 2.45) is 0 Å². The fourth-order valence-electron chi connectivity index (χ4n) is 1.44. The van der Waals surface area contributed by atoms with Gasteiger partial charge in [-0.3, -0.25) is 4.79 Å². The first-order valence-corrected chi connectivity index (χ1v) is 5.85. The van der Waals surface area contributed by atoms with Crippen molar-refractivity contribution >= 4 is 28.3 Å². The SMILES string of the molecule is CC(=O)CSc1ccc2ccccc2c1. The standard InChI is InChI=1S/C13H12OS/c1-10(14)9-15-13-7-6-11-4-2-3-5-12(11)8-13/h2-8H,9H2,1H3. The average Bonchev–Trinajstić information content (AvgIpc) is 2.26. The number of hydrogen-bond acceptors (Lipinski definition) is 2. The fraction of sp³-hybridized carbons (Fsp3) is 0.154. The van der Waals surface area contributed by atoms with Gasteiger partial charge in [0.05, 0.1) is 5.75 Å². The third kappa shape index (κ3) is 2.60. The molecule has 0 saturated heterocycles. The van der Waals surface area contributed by atoms with Gasteiger partial charge in [-0.1, -0.05) is 30.3 Å². The topological polar surface area (TPSA) is 17.1 Å². The largest absolute Gasteiger partial charge is 0.299 e. The normalized spacial score (nSPS) is 10.5. The second-order valence-corrected chi connectivity index (χ2v) is 4.55. The van der Waals surface area contributed by atoms with Crippen LogP contribution in [-0.4, -0.2) is 11.5 Å². The van der Waals surface area contributed by atoms with Crippen LogP contribution in [0.2, 0.25) is 0 Å². The summed E-state index contributed by atoms with van der Waals surface area (Å²) in [4.78, 5) is 12.0. The molecule has 0 atom stereocenters. The zero-order chi connectivity index (χ0) is 10.7. The van der Waals surface area contributed by atoms with Crippen molar-refractivity contribution in [2.75, 3.05) is 5.75 Å². The van der Waals surface area contributed by atoms with E-state index < -0.39 is 0 Å². The summed E-state index contributed by atoms with van der Waals surface area (Å²) in [5, 5.41) is 2.47. The first-order valence-electron chi connectivity index (χ1n) is 4.87. The van der Waals surface area contributed by atoms with E-state index in [-0.39, 0.29) is 5.78 Å². The number of Topliss-reactive ketones (excluding diaryl/α,β-unsaturated/α-hetero) is 1. The van der Waals surface area contributed by atoms with E-state index in [0.717, 1.165) is 4.90 Å².